The molecule has 0 aliphatic carbocycles. The van der Waals surface area contributed by atoms with Gasteiger partial charge < -0.3 is 5.32 Å². The van der Waals surface area contributed by atoms with Crippen molar-refractivity contribution in [1.29, 1.82) is 0 Å². The summed E-state index contributed by atoms with van der Waals surface area (Å²) in [6.45, 7) is 0. The van der Waals surface area contributed by atoms with Crippen molar-refractivity contribution in [2.24, 2.45) is 7.05 Å². The lowest BCUT2D eigenvalue weighted by molar-refractivity contribution is -0.384. The van der Waals surface area contributed by atoms with Crippen LogP contribution in [0, 0.1) is 13.7 Å². The van der Waals surface area contributed by atoms with Gasteiger partial charge in [-0.1, -0.05) is 0 Å². The number of anilines is 1. The van der Waals surface area contributed by atoms with Crippen LogP contribution in [0.5, 0.6) is 0 Å². The minimum Gasteiger partial charge on any atom is -0.322 e. The standard InChI is InChI=1S/C15H11IN6O3S/c1-21-15(18-19-20-21)26-13-7-6-11(22(24)25)8-12(13)14(23)17-10-4-2-9(16)3-5-10/h2-8H,1H3,(H,17,23). The number of hydrogen-bond donors (Lipinski definition) is 1. The number of nitrogens with one attached hydrogen (secondary N) is 1. The predicted octanol–water partition coefficient (Wildman–Crippen LogP) is 3.13. The van der Waals surface area contributed by atoms with Crippen LogP contribution >= 0.6 is 34.4 Å². The summed E-state index contributed by atoms with van der Waals surface area (Å²) in [5.41, 5.74) is 0.599. The average molecular weight is 482 g/mol. The van der Waals surface area contributed by atoms with Crippen LogP contribution in [0.25, 0.3) is 0 Å². The van der Waals surface area contributed by atoms with Crippen molar-refractivity contribution in [3.05, 3.63) is 61.7 Å². The minimum absolute atomic E-state index is 0.168. The topological polar surface area (TPSA) is 116 Å². The van der Waals surface area contributed by atoms with Gasteiger partial charge in [0.05, 0.1) is 10.5 Å². The molecule has 0 aliphatic rings. The third-order valence-corrected chi connectivity index (χ3v) is 5.13. The van der Waals surface area contributed by atoms with Crippen molar-refractivity contribution in [3.63, 3.8) is 0 Å². The smallest absolute Gasteiger partial charge is 0.270 e. The van der Waals surface area contributed by atoms with E-state index in [1.165, 1.54) is 22.9 Å². The molecule has 26 heavy (non-hydrogen) atoms. The summed E-state index contributed by atoms with van der Waals surface area (Å²) in [6.07, 6.45) is 0. The molecule has 11 heteroatoms. The quantitative estimate of drug-likeness (QED) is 0.338. The van der Waals surface area contributed by atoms with E-state index in [4.69, 9.17) is 0 Å². The maximum absolute atomic E-state index is 12.7. The SMILES string of the molecule is Cn1nnnc1Sc1ccc([N+](=O)[O-])cc1C(=O)Nc1ccc(I)cc1. The molecule has 1 N–H and O–H groups in total. The number of carbonyl (C=O) groups is 1. The largest absolute Gasteiger partial charge is 0.322 e. The second-order valence-corrected chi connectivity index (χ2v) is 7.34. The van der Waals surface area contributed by atoms with E-state index in [9.17, 15) is 14.9 Å². The molecule has 0 saturated carbocycles. The Hall–Kier alpha value is -2.54. The molecule has 1 amide bonds. The number of nitrogens with zero attached hydrogens (tertiary/aromatic N) is 5. The molecule has 0 bridgehead atoms. The van der Waals surface area contributed by atoms with Gasteiger partial charge in [-0.3, -0.25) is 14.9 Å². The molecule has 0 aliphatic heterocycles. The zero-order valence-corrected chi connectivity index (χ0v) is 16.3. The fourth-order valence-electron chi connectivity index (χ4n) is 2.04. The summed E-state index contributed by atoms with van der Waals surface area (Å²) in [5, 5.41) is 25.4. The molecular weight excluding hydrogens is 471 g/mol. The summed E-state index contributed by atoms with van der Waals surface area (Å²) >= 11 is 3.31. The molecule has 9 nitrogen and oxygen atoms in total. The second-order valence-electron chi connectivity index (χ2n) is 5.09. The van der Waals surface area contributed by atoms with Gasteiger partial charge in [-0.05, 0) is 75.1 Å². The fraction of sp³-hybridized carbons (Fsp3) is 0.0667. The number of halogens is 1. The fourth-order valence-corrected chi connectivity index (χ4v) is 3.24. The molecule has 0 saturated heterocycles. The lowest BCUT2D eigenvalue weighted by Gasteiger charge is -2.09. The highest BCUT2D eigenvalue weighted by molar-refractivity contribution is 14.1. The Balaban J connectivity index is 1.94. The lowest BCUT2D eigenvalue weighted by atomic mass is 10.2. The number of amides is 1. The van der Waals surface area contributed by atoms with Gasteiger partial charge in [0, 0.05) is 33.3 Å². The molecule has 1 aromatic heterocycles. The zero-order valence-electron chi connectivity index (χ0n) is 13.3. The van der Waals surface area contributed by atoms with Crippen LogP contribution < -0.4 is 5.32 Å². The number of nitro groups is 1. The van der Waals surface area contributed by atoms with Crippen molar-refractivity contribution in [1.82, 2.24) is 20.2 Å². The van der Waals surface area contributed by atoms with E-state index in [1.54, 1.807) is 19.2 Å². The van der Waals surface area contributed by atoms with Crippen LogP contribution in [-0.2, 0) is 7.05 Å². The Morgan fingerprint density at radius 1 is 1.27 bits per heavy atom. The first kappa shape index (κ1) is 18.3. The predicted molar refractivity (Wildman–Crippen MR) is 103 cm³/mol. The molecule has 3 rings (SSSR count). The molecule has 3 aromatic rings. The zero-order chi connectivity index (χ0) is 18.7. The Morgan fingerprint density at radius 2 is 2.00 bits per heavy atom. The van der Waals surface area contributed by atoms with Gasteiger partial charge >= 0.3 is 0 Å². The first-order valence-electron chi connectivity index (χ1n) is 7.19. The molecule has 0 fully saturated rings. The Bertz CT molecular complexity index is 976. The van der Waals surface area contributed by atoms with Crippen LogP contribution in [0.15, 0.2) is 52.5 Å². The summed E-state index contributed by atoms with van der Waals surface area (Å²) in [7, 11) is 1.67. The average Bonchev–Trinajstić information content (AvgIpc) is 3.02. The summed E-state index contributed by atoms with van der Waals surface area (Å²) in [6, 6.07) is 11.3. The number of rotatable bonds is 5. The summed E-state index contributed by atoms with van der Waals surface area (Å²) in [5.74, 6) is -0.451. The van der Waals surface area contributed by atoms with Gasteiger partial charge in [0.1, 0.15) is 0 Å². The van der Waals surface area contributed by atoms with Crippen molar-refractivity contribution >= 4 is 51.6 Å². The molecule has 1 heterocycles. The third kappa shape index (κ3) is 4.16. The number of non-ortho nitro benzene ring substituents is 1. The number of carbonyl (C=O) groups excluding carboxylic acids is 1. The molecule has 0 atom stereocenters. The van der Waals surface area contributed by atoms with E-state index >= 15 is 0 Å². The van der Waals surface area contributed by atoms with Crippen molar-refractivity contribution < 1.29 is 9.72 Å². The second kappa shape index (κ2) is 7.78. The van der Waals surface area contributed by atoms with Crippen LogP contribution in [0.3, 0.4) is 0 Å². The Kier molecular flexibility index (Phi) is 5.46. The molecular formula is C15H11IN6O3S. The van der Waals surface area contributed by atoms with E-state index in [1.807, 2.05) is 12.1 Å². The number of hydrogen-bond acceptors (Lipinski definition) is 7. The van der Waals surface area contributed by atoms with E-state index in [2.05, 4.69) is 43.4 Å². The van der Waals surface area contributed by atoms with Crippen LogP contribution in [-0.4, -0.2) is 31.0 Å². The molecule has 132 valence electrons. The van der Waals surface area contributed by atoms with Gasteiger partial charge in [0.15, 0.2) is 0 Å². The minimum atomic E-state index is -0.542. The monoisotopic (exact) mass is 482 g/mol. The van der Waals surface area contributed by atoms with E-state index in [-0.39, 0.29) is 11.3 Å². The molecule has 0 unspecified atom stereocenters. The van der Waals surface area contributed by atoms with Crippen molar-refractivity contribution in [2.45, 2.75) is 10.1 Å². The maximum Gasteiger partial charge on any atom is 0.270 e. The number of benzene rings is 2. The Morgan fingerprint density at radius 3 is 2.62 bits per heavy atom. The number of aryl methyl sites for hydroxylation is 1. The van der Waals surface area contributed by atoms with Crippen molar-refractivity contribution in [3.8, 4) is 0 Å². The highest BCUT2D eigenvalue weighted by atomic mass is 127. The number of tetrazole rings is 1. The van der Waals surface area contributed by atoms with Crippen LogP contribution in [0.4, 0.5) is 11.4 Å². The highest BCUT2D eigenvalue weighted by Crippen LogP contribution is 2.31. The third-order valence-electron chi connectivity index (χ3n) is 3.30. The summed E-state index contributed by atoms with van der Waals surface area (Å²) < 4.78 is 2.48. The van der Waals surface area contributed by atoms with Gasteiger partial charge in [-0.25, -0.2) is 4.68 Å². The highest BCUT2D eigenvalue weighted by Gasteiger charge is 2.19. The first-order chi connectivity index (χ1) is 12.4. The van der Waals surface area contributed by atoms with Gasteiger partial charge in [0.2, 0.25) is 5.16 Å². The number of nitro benzene ring substituents is 1. The molecule has 0 spiro atoms. The van der Waals surface area contributed by atoms with Crippen molar-refractivity contribution in [2.75, 3.05) is 5.32 Å². The van der Waals surface area contributed by atoms with E-state index in [0.29, 0.717) is 15.7 Å². The summed E-state index contributed by atoms with van der Waals surface area (Å²) in [4.78, 5) is 23.8. The van der Waals surface area contributed by atoms with Gasteiger partial charge in [-0.2, -0.15) is 0 Å². The number of aromatic nitrogens is 4. The Labute approximate surface area is 165 Å². The van der Waals surface area contributed by atoms with Gasteiger partial charge in [0.25, 0.3) is 11.6 Å². The normalized spacial score (nSPS) is 10.5. The lowest BCUT2D eigenvalue weighted by Crippen LogP contribution is -2.13. The van der Waals surface area contributed by atoms with Crippen LogP contribution in [0.1, 0.15) is 10.4 Å². The van der Waals surface area contributed by atoms with E-state index < -0.39 is 10.8 Å². The van der Waals surface area contributed by atoms with Crippen LogP contribution in [0.2, 0.25) is 0 Å². The van der Waals surface area contributed by atoms with E-state index in [0.717, 1.165) is 15.3 Å². The van der Waals surface area contributed by atoms with Gasteiger partial charge in [-0.15, -0.1) is 5.10 Å². The molecule has 0 radical (unpaired) electrons. The first-order valence-corrected chi connectivity index (χ1v) is 9.09. The molecule has 2 aromatic carbocycles. The maximum atomic E-state index is 12.7.